The standard InChI is InChI=1S/C21H33N7O8/c1-10(2)17(21(35)36)28-19(33)13(4-6-16(30)31)26-20(34)14(7-11-8-24-9-25-11)27-18(32)12(22)3-5-15(23)29/h8-10,12-14,17H,3-7,22H2,1-2H3,(H2,23,29)(H,24,25)(H,26,34)(H,27,32)(H,28,33)(H,30,31)(H,35,36). The van der Waals surface area contributed by atoms with Gasteiger partial charge in [0.05, 0.1) is 12.4 Å². The highest BCUT2D eigenvalue weighted by molar-refractivity contribution is 5.94. The van der Waals surface area contributed by atoms with Gasteiger partial charge in [-0.2, -0.15) is 0 Å². The van der Waals surface area contributed by atoms with Gasteiger partial charge < -0.3 is 42.6 Å². The predicted octanol–water partition coefficient (Wildman–Crippen LogP) is -2.40. The van der Waals surface area contributed by atoms with Gasteiger partial charge in [-0.25, -0.2) is 9.78 Å². The van der Waals surface area contributed by atoms with Gasteiger partial charge in [0.1, 0.15) is 18.1 Å². The molecule has 0 spiro atoms. The summed E-state index contributed by atoms with van der Waals surface area (Å²) < 4.78 is 0. The smallest absolute Gasteiger partial charge is 0.326 e. The number of imidazole rings is 1. The van der Waals surface area contributed by atoms with Crippen LogP contribution in [0.25, 0.3) is 0 Å². The monoisotopic (exact) mass is 511 g/mol. The van der Waals surface area contributed by atoms with E-state index < -0.39 is 72.1 Å². The van der Waals surface area contributed by atoms with Crippen molar-refractivity contribution in [1.82, 2.24) is 25.9 Å². The minimum absolute atomic E-state index is 0.0605. The van der Waals surface area contributed by atoms with Crippen LogP contribution in [-0.4, -0.2) is 79.9 Å². The zero-order valence-electron chi connectivity index (χ0n) is 20.0. The van der Waals surface area contributed by atoms with Gasteiger partial charge in [-0.1, -0.05) is 13.8 Å². The third-order valence-corrected chi connectivity index (χ3v) is 5.16. The van der Waals surface area contributed by atoms with Crippen LogP contribution in [0.15, 0.2) is 12.5 Å². The van der Waals surface area contributed by atoms with Crippen molar-refractivity contribution in [1.29, 1.82) is 0 Å². The van der Waals surface area contributed by atoms with Crippen LogP contribution in [0.3, 0.4) is 0 Å². The Morgan fingerprint density at radius 2 is 1.56 bits per heavy atom. The molecule has 0 aromatic carbocycles. The molecule has 1 aromatic rings. The van der Waals surface area contributed by atoms with E-state index >= 15 is 0 Å². The lowest BCUT2D eigenvalue weighted by Gasteiger charge is -2.25. The Hall–Kier alpha value is -4.01. The predicted molar refractivity (Wildman–Crippen MR) is 124 cm³/mol. The molecule has 0 saturated heterocycles. The molecule has 200 valence electrons. The maximum Gasteiger partial charge on any atom is 0.326 e. The fourth-order valence-corrected chi connectivity index (χ4v) is 3.11. The molecule has 0 fully saturated rings. The fourth-order valence-electron chi connectivity index (χ4n) is 3.11. The molecule has 0 radical (unpaired) electrons. The lowest BCUT2D eigenvalue weighted by Crippen LogP contribution is -2.58. The van der Waals surface area contributed by atoms with Crippen LogP contribution < -0.4 is 27.4 Å². The summed E-state index contributed by atoms with van der Waals surface area (Å²) in [5, 5.41) is 25.5. The maximum atomic E-state index is 13.1. The number of amides is 4. The Morgan fingerprint density at radius 1 is 0.944 bits per heavy atom. The highest BCUT2D eigenvalue weighted by atomic mass is 16.4. The Bertz CT molecular complexity index is 935. The van der Waals surface area contributed by atoms with Crippen molar-refractivity contribution in [2.24, 2.45) is 17.4 Å². The second kappa shape index (κ2) is 14.4. The fraction of sp³-hybridized carbons (Fsp3) is 0.571. The number of hydrogen-bond acceptors (Lipinski definition) is 8. The number of aliphatic carboxylic acids is 2. The molecular formula is C21H33N7O8. The van der Waals surface area contributed by atoms with E-state index in [0.29, 0.717) is 5.69 Å². The summed E-state index contributed by atoms with van der Waals surface area (Å²) in [5.74, 6) is -6.17. The first-order valence-corrected chi connectivity index (χ1v) is 11.2. The van der Waals surface area contributed by atoms with E-state index in [0.717, 1.165) is 0 Å². The van der Waals surface area contributed by atoms with Crippen molar-refractivity contribution in [3.63, 3.8) is 0 Å². The maximum absolute atomic E-state index is 13.1. The number of H-pyrrole nitrogens is 1. The number of nitrogens with one attached hydrogen (secondary N) is 4. The van der Waals surface area contributed by atoms with Crippen LogP contribution in [-0.2, 0) is 35.2 Å². The summed E-state index contributed by atoms with van der Waals surface area (Å²) in [6.45, 7) is 3.14. The Labute approximate surface area is 206 Å². The van der Waals surface area contributed by atoms with Crippen LogP contribution >= 0.6 is 0 Å². The number of nitrogens with zero attached hydrogens (tertiary/aromatic N) is 1. The van der Waals surface area contributed by atoms with Crippen molar-refractivity contribution < 1.29 is 39.0 Å². The second-order valence-electron chi connectivity index (χ2n) is 8.52. The molecule has 1 heterocycles. The lowest BCUT2D eigenvalue weighted by molar-refractivity contribution is -0.144. The molecule has 0 aliphatic rings. The number of aromatic nitrogens is 2. The average molecular weight is 512 g/mol. The summed E-state index contributed by atoms with van der Waals surface area (Å²) in [6, 6.07) is -5.09. The number of nitrogens with two attached hydrogens (primary N) is 2. The van der Waals surface area contributed by atoms with E-state index in [1.807, 2.05) is 0 Å². The minimum atomic E-state index is -1.40. The number of aromatic amines is 1. The topological polar surface area (TPSA) is 260 Å². The highest BCUT2D eigenvalue weighted by Crippen LogP contribution is 2.07. The Morgan fingerprint density at radius 3 is 2.06 bits per heavy atom. The normalized spacial score (nSPS) is 14.2. The van der Waals surface area contributed by atoms with Gasteiger partial charge in [-0.3, -0.25) is 24.0 Å². The molecule has 15 heteroatoms. The van der Waals surface area contributed by atoms with Crippen LogP contribution in [0.4, 0.5) is 0 Å². The number of hydrogen-bond donors (Lipinski definition) is 8. The first-order valence-electron chi connectivity index (χ1n) is 11.2. The molecule has 4 amide bonds. The number of carbonyl (C=O) groups is 6. The molecule has 0 aliphatic heterocycles. The van der Waals surface area contributed by atoms with Gasteiger partial charge in [0.2, 0.25) is 23.6 Å². The summed E-state index contributed by atoms with van der Waals surface area (Å²) in [7, 11) is 0. The third-order valence-electron chi connectivity index (χ3n) is 5.16. The van der Waals surface area contributed by atoms with Crippen LogP contribution in [0.2, 0.25) is 0 Å². The molecule has 36 heavy (non-hydrogen) atoms. The second-order valence-corrected chi connectivity index (χ2v) is 8.52. The van der Waals surface area contributed by atoms with Gasteiger partial charge in [0.15, 0.2) is 0 Å². The van der Waals surface area contributed by atoms with Gasteiger partial charge in [-0.05, 0) is 18.8 Å². The Kier molecular flexibility index (Phi) is 12.0. The van der Waals surface area contributed by atoms with E-state index in [1.165, 1.54) is 12.5 Å². The van der Waals surface area contributed by atoms with Crippen molar-refractivity contribution in [3.8, 4) is 0 Å². The zero-order chi connectivity index (χ0) is 27.4. The minimum Gasteiger partial charge on any atom is -0.481 e. The molecule has 4 atom stereocenters. The van der Waals surface area contributed by atoms with Gasteiger partial charge in [0, 0.05) is 31.2 Å². The summed E-state index contributed by atoms with van der Waals surface area (Å²) in [6.07, 6.45) is 1.64. The van der Waals surface area contributed by atoms with E-state index in [2.05, 4.69) is 25.9 Å². The van der Waals surface area contributed by atoms with E-state index in [4.69, 9.17) is 16.6 Å². The summed E-state index contributed by atoms with van der Waals surface area (Å²) >= 11 is 0. The van der Waals surface area contributed by atoms with Gasteiger partial charge >= 0.3 is 11.9 Å². The molecule has 4 unspecified atom stereocenters. The number of carbonyl (C=O) groups excluding carboxylic acids is 4. The zero-order valence-corrected chi connectivity index (χ0v) is 20.0. The third kappa shape index (κ3) is 10.5. The van der Waals surface area contributed by atoms with Crippen molar-refractivity contribution in [2.75, 3.05) is 0 Å². The first-order chi connectivity index (χ1) is 16.8. The van der Waals surface area contributed by atoms with Crippen molar-refractivity contribution in [2.45, 2.75) is 70.1 Å². The van der Waals surface area contributed by atoms with Crippen LogP contribution in [0.5, 0.6) is 0 Å². The summed E-state index contributed by atoms with van der Waals surface area (Å²) in [5.41, 5.74) is 11.3. The molecule has 15 nitrogen and oxygen atoms in total. The molecule has 1 aromatic heterocycles. The van der Waals surface area contributed by atoms with Crippen LogP contribution in [0.1, 0.15) is 45.2 Å². The highest BCUT2D eigenvalue weighted by Gasteiger charge is 2.32. The molecule has 0 aliphatic carbocycles. The quantitative estimate of drug-likeness (QED) is 0.117. The lowest BCUT2D eigenvalue weighted by atomic mass is 10.0. The first kappa shape index (κ1) is 30.0. The summed E-state index contributed by atoms with van der Waals surface area (Å²) in [4.78, 5) is 78.5. The molecule has 10 N–H and O–H groups in total. The molecular weight excluding hydrogens is 478 g/mol. The van der Waals surface area contributed by atoms with Crippen molar-refractivity contribution in [3.05, 3.63) is 18.2 Å². The van der Waals surface area contributed by atoms with Crippen LogP contribution in [0, 0.1) is 5.92 Å². The SMILES string of the molecule is CC(C)C(NC(=O)C(CCC(=O)O)NC(=O)C(Cc1cnc[nH]1)NC(=O)C(N)CCC(N)=O)C(=O)O. The number of carboxylic acids is 2. The molecule has 0 bridgehead atoms. The number of primary amides is 1. The molecule has 1 rings (SSSR count). The largest absolute Gasteiger partial charge is 0.481 e. The van der Waals surface area contributed by atoms with E-state index in [-0.39, 0.29) is 25.7 Å². The number of carboxylic acid groups (broad SMARTS) is 2. The molecule has 0 saturated carbocycles. The average Bonchev–Trinajstić information content (AvgIpc) is 3.30. The van der Waals surface area contributed by atoms with Gasteiger partial charge in [-0.15, -0.1) is 0 Å². The Balaban J connectivity index is 3.07. The van der Waals surface area contributed by atoms with E-state index in [9.17, 15) is 33.9 Å². The number of rotatable bonds is 16. The van der Waals surface area contributed by atoms with E-state index in [1.54, 1.807) is 13.8 Å². The van der Waals surface area contributed by atoms with Gasteiger partial charge in [0.25, 0.3) is 0 Å². The van der Waals surface area contributed by atoms with Crippen molar-refractivity contribution >= 4 is 35.6 Å².